The molecule has 7 rings (SSSR count). The van der Waals surface area contributed by atoms with Crippen LogP contribution in [0.1, 0.15) is 42.7 Å². The number of benzene rings is 2. The molecule has 2 amide bonds. The number of imide groups is 1. The maximum Gasteiger partial charge on any atom is 0.259 e. The molecule has 2 aromatic heterocycles. The van der Waals surface area contributed by atoms with Crippen LogP contribution in [0.2, 0.25) is 5.02 Å². The van der Waals surface area contributed by atoms with Crippen molar-refractivity contribution >= 4 is 39.9 Å². The van der Waals surface area contributed by atoms with Crippen LogP contribution in [0.3, 0.4) is 0 Å². The Bertz CT molecular complexity index is 1990. The van der Waals surface area contributed by atoms with Crippen LogP contribution in [0.4, 0.5) is 5.69 Å². The number of carbonyl (C=O) groups excluding carboxylic acids is 2. The Balaban J connectivity index is 0.892. The minimum Gasteiger partial charge on any atom is -0.496 e. The lowest BCUT2D eigenvalue weighted by atomic mass is 9.89. The third-order valence-electron chi connectivity index (χ3n) is 10.9. The van der Waals surface area contributed by atoms with Crippen molar-refractivity contribution in [1.82, 2.24) is 29.6 Å². The molecule has 4 aromatic rings. The number of rotatable bonds is 10. The first-order chi connectivity index (χ1) is 25.2. The number of aryl methyl sites for hydroxylation is 1. The van der Waals surface area contributed by atoms with Crippen molar-refractivity contribution in [1.29, 1.82) is 0 Å². The number of ether oxygens (including phenoxy) is 1. The molecule has 3 saturated heterocycles. The van der Waals surface area contributed by atoms with Crippen LogP contribution in [0.15, 0.2) is 65.8 Å². The van der Waals surface area contributed by atoms with E-state index in [1.807, 2.05) is 36.5 Å². The summed E-state index contributed by atoms with van der Waals surface area (Å²) in [6.45, 7) is 6.22. The first-order valence-electron chi connectivity index (χ1n) is 18.0. The second-order valence-corrected chi connectivity index (χ2v) is 14.6. The number of anilines is 1. The monoisotopic (exact) mass is 727 g/mol. The molecule has 0 radical (unpaired) electrons. The maximum atomic E-state index is 12.7. The van der Waals surface area contributed by atoms with Gasteiger partial charge in [-0.2, -0.15) is 0 Å². The number of nitrogens with zero attached hydrogens (tertiary/aromatic N) is 5. The van der Waals surface area contributed by atoms with Crippen molar-refractivity contribution in [3.8, 4) is 16.9 Å². The molecule has 5 heterocycles. The highest BCUT2D eigenvalue weighted by atomic mass is 35.5. The van der Waals surface area contributed by atoms with Gasteiger partial charge in [-0.3, -0.25) is 39.4 Å². The lowest BCUT2D eigenvalue weighted by molar-refractivity contribution is -0.133. The van der Waals surface area contributed by atoms with Crippen molar-refractivity contribution in [2.45, 2.75) is 50.4 Å². The molecular weight excluding hydrogens is 682 g/mol. The molecule has 0 aliphatic carbocycles. The molecule has 52 heavy (non-hydrogen) atoms. The normalized spacial score (nSPS) is 20.2. The van der Waals surface area contributed by atoms with E-state index in [2.05, 4.69) is 42.5 Å². The van der Waals surface area contributed by atoms with E-state index in [4.69, 9.17) is 16.3 Å². The Labute approximate surface area is 308 Å². The first-order valence-corrected chi connectivity index (χ1v) is 18.4. The smallest absolute Gasteiger partial charge is 0.259 e. The molecule has 2 atom stereocenters. The van der Waals surface area contributed by atoms with E-state index < -0.39 is 6.23 Å². The number of amides is 2. The van der Waals surface area contributed by atoms with Crippen LogP contribution in [-0.4, -0.2) is 106 Å². The minimum atomic E-state index is -0.527. The van der Waals surface area contributed by atoms with Crippen molar-refractivity contribution in [3.05, 3.63) is 87.6 Å². The number of fused-ring (bicyclic) bond motifs is 1. The van der Waals surface area contributed by atoms with E-state index in [0.717, 1.165) is 79.9 Å². The first kappa shape index (κ1) is 36.0. The average molecular weight is 728 g/mol. The summed E-state index contributed by atoms with van der Waals surface area (Å²) in [5, 5.41) is 18.8. The number of hydrogen-bond acceptors (Lipinski definition) is 10. The fourth-order valence-electron chi connectivity index (χ4n) is 7.77. The number of likely N-dealkylation sites (tertiary alicyclic amines) is 1. The van der Waals surface area contributed by atoms with Gasteiger partial charge in [0.05, 0.1) is 12.5 Å². The lowest BCUT2D eigenvalue weighted by Gasteiger charge is -2.40. The number of piperazine rings is 1. The summed E-state index contributed by atoms with van der Waals surface area (Å²) in [4.78, 5) is 47.3. The Morgan fingerprint density at radius 2 is 1.73 bits per heavy atom. The molecule has 0 bridgehead atoms. The average Bonchev–Trinajstić information content (AvgIpc) is 3.16. The predicted molar refractivity (Wildman–Crippen MR) is 201 cm³/mol. The molecule has 0 spiro atoms. The Kier molecular flexibility index (Phi) is 10.9. The summed E-state index contributed by atoms with van der Waals surface area (Å²) in [7, 11) is 3.39. The van der Waals surface area contributed by atoms with Gasteiger partial charge in [-0.05, 0) is 85.1 Å². The number of β-amino-alcohol motifs (C(OH)–C–C–N with tert-alkyl or cyclic N) is 1. The van der Waals surface area contributed by atoms with E-state index in [1.54, 1.807) is 31.1 Å². The highest BCUT2D eigenvalue weighted by molar-refractivity contribution is 6.32. The standard InChI is InChI=1S/C39H46ClN7O5/c1-44-22-31(29-9-12-41-21-30(29)39(44)51)27-19-33(40)32(35(20-27)52-2)23-46-15-17-47(18-16-46)37(49)24-45-13-10-26(11-14-45)25-3-5-28(6-4-25)42-34-7-8-36(48)43-38(34)50/h3-6,9,12,19-22,26,34,37,42,49H,7-8,10-11,13-18,23-24H2,1-2H3,(H,43,48,50). The second kappa shape index (κ2) is 15.7. The maximum absolute atomic E-state index is 12.7. The van der Waals surface area contributed by atoms with Crippen molar-refractivity contribution in [3.63, 3.8) is 0 Å². The molecule has 3 N–H and O–H groups in total. The fourth-order valence-corrected chi connectivity index (χ4v) is 8.04. The van der Waals surface area contributed by atoms with Crippen LogP contribution in [0.5, 0.6) is 5.75 Å². The number of pyridine rings is 2. The quantitative estimate of drug-likeness (QED) is 0.208. The van der Waals surface area contributed by atoms with Gasteiger partial charge >= 0.3 is 0 Å². The number of nitrogens with one attached hydrogen (secondary N) is 2. The summed E-state index contributed by atoms with van der Waals surface area (Å²) < 4.78 is 7.41. The van der Waals surface area contributed by atoms with E-state index in [-0.39, 0.29) is 23.4 Å². The van der Waals surface area contributed by atoms with Gasteiger partial charge in [0.25, 0.3) is 5.56 Å². The topological polar surface area (TPSA) is 132 Å². The number of hydrogen-bond donors (Lipinski definition) is 3. The molecular formula is C39H46ClN7O5. The number of piperidine rings is 2. The molecule has 0 saturated carbocycles. The second-order valence-electron chi connectivity index (χ2n) is 14.2. The van der Waals surface area contributed by atoms with Crippen LogP contribution in [0.25, 0.3) is 21.9 Å². The van der Waals surface area contributed by atoms with Gasteiger partial charge in [0.15, 0.2) is 0 Å². The van der Waals surface area contributed by atoms with Crippen LogP contribution in [-0.2, 0) is 23.2 Å². The summed E-state index contributed by atoms with van der Waals surface area (Å²) >= 11 is 6.92. The van der Waals surface area contributed by atoms with Gasteiger partial charge < -0.3 is 19.7 Å². The summed E-state index contributed by atoms with van der Waals surface area (Å²) in [6, 6.07) is 13.7. The lowest BCUT2D eigenvalue weighted by Crippen LogP contribution is -2.53. The van der Waals surface area contributed by atoms with Crippen molar-refractivity contribution in [2.24, 2.45) is 7.05 Å². The molecule has 2 aromatic carbocycles. The zero-order valence-electron chi connectivity index (χ0n) is 29.7. The van der Waals surface area contributed by atoms with E-state index in [1.165, 1.54) is 5.56 Å². The van der Waals surface area contributed by atoms with Crippen molar-refractivity contribution in [2.75, 3.05) is 58.2 Å². The molecule has 2 unspecified atom stereocenters. The zero-order chi connectivity index (χ0) is 36.4. The van der Waals surface area contributed by atoms with Gasteiger partial charge in [0.2, 0.25) is 11.8 Å². The van der Waals surface area contributed by atoms with Gasteiger partial charge in [0, 0.05) is 93.2 Å². The number of aliphatic hydroxyl groups excluding tert-OH is 1. The predicted octanol–water partition coefficient (Wildman–Crippen LogP) is 3.80. The van der Waals surface area contributed by atoms with Gasteiger partial charge in [-0.25, -0.2) is 0 Å². The fraction of sp³-hybridized carbons (Fsp3) is 0.436. The Hall–Kier alpha value is -4.33. The zero-order valence-corrected chi connectivity index (χ0v) is 30.4. The van der Waals surface area contributed by atoms with Crippen LogP contribution >= 0.6 is 11.6 Å². The number of aliphatic hydroxyl groups is 1. The highest BCUT2D eigenvalue weighted by Crippen LogP contribution is 2.37. The minimum absolute atomic E-state index is 0.0994. The van der Waals surface area contributed by atoms with Crippen molar-refractivity contribution < 1.29 is 19.4 Å². The van der Waals surface area contributed by atoms with Gasteiger partial charge in [-0.15, -0.1) is 0 Å². The van der Waals surface area contributed by atoms with Crippen LogP contribution < -0.4 is 20.9 Å². The van der Waals surface area contributed by atoms with Gasteiger partial charge in [0.1, 0.15) is 18.0 Å². The molecule has 274 valence electrons. The summed E-state index contributed by atoms with van der Waals surface area (Å²) in [5.41, 5.74) is 4.73. The Morgan fingerprint density at radius 3 is 2.44 bits per heavy atom. The molecule has 3 fully saturated rings. The van der Waals surface area contributed by atoms with E-state index >= 15 is 0 Å². The molecule has 3 aliphatic heterocycles. The highest BCUT2D eigenvalue weighted by Gasteiger charge is 2.29. The molecule has 12 nitrogen and oxygen atoms in total. The number of carbonyl (C=O) groups is 2. The van der Waals surface area contributed by atoms with Crippen LogP contribution in [0, 0.1) is 0 Å². The summed E-state index contributed by atoms with van der Waals surface area (Å²) in [6.07, 6.45) is 7.49. The van der Waals surface area contributed by atoms with E-state index in [9.17, 15) is 19.5 Å². The number of aromatic nitrogens is 2. The Morgan fingerprint density at radius 1 is 0.981 bits per heavy atom. The van der Waals surface area contributed by atoms with Gasteiger partial charge in [-0.1, -0.05) is 23.7 Å². The number of halogens is 1. The third-order valence-corrected chi connectivity index (χ3v) is 11.2. The SMILES string of the molecule is COc1cc(-c2cn(C)c(=O)c3cnccc23)cc(Cl)c1CN1CCN(C(O)CN2CCC(c3ccc(NC4CCC(=O)NC4=O)cc3)CC2)CC1. The van der Waals surface area contributed by atoms with E-state index in [0.29, 0.717) is 48.0 Å². The molecule has 3 aliphatic rings. The number of methoxy groups -OCH3 is 1. The summed E-state index contributed by atoms with van der Waals surface area (Å²) in [5.74, 6) is 0.675. The third kappa shape index (κ3) is 7.86. The largest absolute Gasteiger partial charge is 0.496 e. The molecule has 13 heteroatoms.